The van der Waals surface area contributed by atoms with Crippen LogP contribution in [0.3, 0.4) is 0 Å². The SMILES string of the molecule is O=C(CCOCC(F)F)c1ccc(Cl)c(Cl)c1. The first-order chi connectivity index (χ1) is 8.00. The monoisotopic (exact) mass is 282 g/mol. The third-order valence-electron chi connectivity index (χ3n) is 1.96. The minimum Gasteiger partial charge on any atom is -0.375 e. The van der Waals surface area contributed by atoms with E-state index in [-0.39, 0.29) is 23.8 Å². The Balaban J connectivity index is 2.44. The summed E-state index contributed by atoms with van der Waals surface area (Å²) in [4.78, 5) is 11.6. The van der Waals surface area contributed by atoms with Gasteiger partial charge < -0.3 is 4.74 Å². The van der Waals surface area contributed by atoms with Gasteiger partial charge in [0.1, 0.15) is 6.61 Å². The van der Waals surface area contributed by atoms with Crippen molar-refractivity contribution < 1.29 is 18.3 Å². The van der Waals surface area contributed by atoms with Gasteiger partial charge in [0.25, 0.3) is 6.43 Å². The van der Waals surface area contributed by atoms with Crippen LogP contribution in [0.4, 0.5) is 8.78 Å². The van der Waals surface area contributed by atoms with E-state index < -0.39 is 13.0 Å². The van der Waals surface area contributed by atoms with Gasteiger partial charge in [-0.3, -0.25) is 4.79 Å². The first-order valence-corrected chi connectivity index (χ1v) is 5.60. The van der Waals surface area contributed by atoms with Gasteiger partial charge in [-0.2, -0.15) is 0 Å². The number of ether oxygens (including phenoxy) is 1. The number of carbonyl (C=O) groups is 1. The quantitative estimate of drug-likeness (QED) is 0.585. The highest BCUT2D eigenvalue weighted by molar-refractivity contribution is 6.42. The minimum atomic E-state index is -2.52. The van der Waals surface area contributed by atoms with Crippen LogP contribution < -0.4 is 0 Å². The first kappa shape index (κ1) is 14.4. The van der Waals surface area contributed by atoms with Crippen molar-refractivity contribution in [3.63, 3.8) is 0 Å². The summed E-state index contributed by atoms with van der Waals surface area (Å²) in [6.07, 6.45) is -2.49. The van der Waals surface area contributed by atoms with Crippen LogP contribution in [0.25, 0.3) is 0 Å². The van der Waals surface area contributed by atoms with Crippen LogP contribution in [0, 0.1) is 0 Å². The number of carbonyl (C=O) groups excluding carboxylic acids is 1. The van der Waals surface area contributed by atoms with E-state index in [0.29, 0.717) is 10.6 Å². The number of ketones is 1. The maximum absolute atomic E-state index is 11.7. The summed E-state index contributed by atoms with van der Waals surface area (Å²) >= 11 is 11.4. The van der Waals surface area contributed by atoms with Crippen molar-refractivity contribution in [3.05, 3.63) is 33.8 Å². The summed E-state index contributed by atoms with van der Waals surface area (Å²) in [7, 11) is 0. The number of halogens is 4. The topological polar surface area (TPSA) is 26.3 Å². The van der Waals surface area contributed by atoms with Gasteiger partial charge in [0.2, 0.25) is 0 Å². The summed E-state index contributed by atoms with van der Waals surface area (Å²) in [5.41, 5.74) is 0.389. The van der Waals surface area contributed by atoms with Crippen LogP contribution in [-0.2, 0) is 4.74 Å². The third kappa shape index (κ3) is 4.98. The average molecular weight is 283 g/mol. The summed E-state index contributed by atoms with van der Waals surface area (Å²) in [6.45, 7) is -0.696. The molecule has 94 valence electrons. The summed E-state index contributed by atoms with van der Waals surface area (Å²) < 4.78 is 28.1. The lowest BCUT2D eigenvalue weighted by molar-refractivity contribution is 0.0170. The first-order valence-electron chi connectivity index (χ1n) is 4.85. The molecule has 0 aromatic heterocycles. The lowest BCUT2D eigenvalue weighted by atomic mass is 10.1. The molecule has 0 N–H and O–H groups in total. The van der Waals surface area contributed by atoms with Gasteiger partial charge in [-0.15, -0.1) is 0 Å². The van der Waals surface area contributed by atoms with E-state index in [1.807, 2.05) is 0 Å². The molecule has 0 bridgehead atoms. The number of benzene rings is 1. The Morgan fingerprint density at radius 2 is 2.00 bits per heavy atom. The van der Waals surface area contributed by atoms with E-state index in [1.54, 1.807) is 0 Å². The molecule has 1 rings (SSSR count). The van der Waals surface area contributed by atoms with Crippen LogP contribution in [0.15, 0.2) is 18.2 Å². The Morgan fingerprint density at radius 1 is 1.29 bits per heavy atom. The fraction of sp³-hybridized carbons (Fsp3) is 0.364. The Hall–Kier alpha value is -0.710. The number of hydrogen-bond acceptors (Lipinski definition) is 2. The van der Waals surface area contributed by atoms with E-state index in [4.69, 9.17) is 23.2 Å². The smallest absolute Gasteiger partial charge is 0.261 e. The van der Waals surface area contributed by atoms with E-state index in [1.165, 1.54) is 18.2 Å². The van der Waals surface area contributed by atoms with Gasteiger partial charge in [-0.1, -0.05) is 23.2 Å². The highest BCUT2D eigenvalue weighted by Gasteiger charge is 2.09. The second-order valence-electron chi connectivity index (χ2n) is 3.27. The van der Waals surface area contributed by atoms with Crippen LogP contribution in [0.2, 0.25) is 10.0 Å². The van der Waals surface area contributed by atoms with Gasteiger partial charge in [-0.25, -0.2) is 8.78 Å². The van der Waals surface area contributed by atoms with E-state index in [2.05, 4.69) is 4.74 Å². The Kier molecular flexibility index (Phi) is 5.82. The molecule has 0 heterocycles. The highest BCUT2D eigenvalue weighted by Crippen LogP contribution is 2.23. The normalized spacial score (nSPS) is 10.9. The molecule has 0 aliphatic rings. The zero-order valence-electron chi connectivity index (χ0n) is 8.76. The molecule has 0 saturated carbocycles. The predicted octanol–water partition coefficient (Wildman–Crippen LogP) is 3.85. The standard InChI is InChI=1S/C11H10Cl2F2O2/c12-8-2-1-7(5-9(8)13)10(16)3-4-17-6-11(14)15/h1-2,5,11H,3-4,6H2. The van der Waals surface area contributed by atoms with Gasteiger partial charge >= 0.3 is 0 Å². The van der Waals surface area contributed by atoms with Crippen LogP contribution in [0.5, 0.6) is 0 Å². The second kappa shape index (κ2) is 6.89. The maximum Gasteiger partial charge on any atom is 0.261 e. The molecule has 0 unspecified atom stereocenters. The lowest BCUT2D eigenvalue weighted by Crippen LogP contribution is -2.09. The van der Waals surface area contributed by atoms with Crippen LogP contribution >= 0.6 is 23.2 Å². The lowest BCUT2D eigenvalue weighted by Gasteiger charge is -2.04. The van der Waals surface area contributed by atoms with Crippen LogP contribution in [-0.4, -0.2) is 25.4 Å². The summed E-state index contributed by atoms with van der Waals surface area (Å²) in [6, 6.07) is 4.49. The molecule has 0 fully saturated rings. The van der Waals surface area contributed by atoms with Crippen molar-refractivity contribution in [2.24, 2.45) is 0 Å². The number of alkyl halides is 2. The number of Topliss-reactive ketones (excluding diaryl/α,β-unsaturated/α-hetero) is 1. The Labute approximate surface area is 107 Å². The number of hydrogen-bond donors (Lipinski definition) is 0. The van der Waals surface area contributed by atoms with Crippen LogP contribution in [0.1, 0.15) is 16.8 Å². The Morgan fingerprint density at radius 3 is 2.59 bits per heavy atom. The van der Waals surface area contributed by atoms with E-state index in [9.17, 15) is 13.6 Å². The Bertz CT molecular complexity index is 397. The molecular weight excluding hydrogens is 273 g/mol. The molecule has 17 heavy (non-hydrogen) atoms. The molecule has 1 aromatic rings. The second-order valence-corrected chi connectivity index (χ2v) is 4.08. The fourth-order valence-corrected chi connectivity index (χ4v) is 1.45. The van der Waals surface area contributed by atoms with Crippen molar-refractivity contribution in [3.8, 4) is 0 Å². The fourth-order valence-electron chi connectivity index (χ4n) is 1.15. The van der Waals surface area contributed by atoms with E-state index in [0.717, 1.165) is 0 Å². The summed E-state index contributed by atoms with van der Waals surface area (Å²) in [5, 5.41) is 0.642. The molecule has 0 atom stereocenters. The molecule has 0 amide bonds. The largest absolute Gasteiger partial charge is 0.375 e. The molecular formula is C11H10Cl2F2O2. The van der Waals surface area contributed by atoms with Crippen molar-refractivity contribution in [1.82, 2.24) is 0 Å². The molecule has 0 saturated heterocycles. The molecule has 0 aliphatic heterocycles. The zero-order valence-corrected chi connectivity index (χ0v) is 10.3. The van der Waals surface area contributed by atoms with Gasteiger partial charge in [0.15, 0.2) is 5.78 Å². The van der Waals surface area contributed by atoms with Crippen molar-refractivity contribution in [2.75, 3.05) is 13.2 Å². The van der Waals surface area contributed by atoms with E-state index >= 15 is 0 Å². The highest BCUT2D eigenvalue weighted by atomic mass is 35.5. The predicted molar refractivity (Wildman–Crippen MR) is 62.2 cm³/mol. The molecule has 0 aliphatic carbocycles. The average Bonchev–Trinajstić information content (AvgIpc) is 2.27. The molecule has 0 radical (unpaired) electrons. The molecule has 1 aromatic carbocycles. The van der Waals surface area contributed by atoms with Crippen molar-refractivity contribution in [2.45, 2.75) is 12.8 Å². The molecule has 0 spiro atoms. The third-order valence-corrected chi connectivity index (χ3v) is 2.70. The maximum atomic E-state index is 11.7. The number of rotatable bonds is 6. The van der Waals surface area contributed by atoms with Crippen molar-refractivity contribution in [1.29, 1.82) is 0 Å². The molecule has 6 heteroatoms. The molecule has 2 nitrogen and oxygen atoms in total. The summed E-state index contributed by atoms with van der Waals surface area (Å²) in [5.74, 6) is -0.224. The zero-order chi connectivity index (χ0) is 12.8. The van der Waals surface area contributed by atoms with Gasteiger partial charge in [0.05, 0.1) is 16.7 Å². The van der Waals surface area contributed by atoms with Gasteiger partial charge in [-0.05, 0) is 18.2 Å². The van der Waals surface area contributed by atoms with Crippen molar-refractivity contribution >= 4 is 29.0 Å². The van der Waals surface area contributed by atoms with Gasteiger partial charge in [0, 0.05) is 12.0 Å². The minimum absolute atomic E-state index is 0.0324.